The molecular weight excluding hydrogens is 208 g/mol. The van der Waals surface area contributed by atoms with Crippen LogP contribution < -0.4 is 5.32 Å². The molecule has 5 nitrogen and oxygen atoms in total. The van der Waals surface area contributed by atoms with Gasteiger partial charge in [-0.25, -0.2) is 0 Å². The normalized spacial score (nSPS) is 14.2. The molecule has 0 radical (unpaired) electrons. The van der Waals surface area contributed by atoms with Crippen LogP contribution in [0.3, 0.4) is 0 Å². The standard InChI is InChI=1S/C11H16N2O3/c1-8(9(2)16-3)12-10-5-4-6-11(7-10)13(14)15/h4-9,12H,1-3H3. The molecule has 0 heterocycles. The molecule has 0 aliphatic carbocycles. The van der Waals surface area contributed by atoms with E-state index in [2.05, 4.69) is 5.32 Å². The molecule has 1 rings (SSSR count). The molecule has 1 aromatic rings. The van der Waals surface area contributed by atoms with Crippen molar-refractivity contribution in [1.82, 2.24) is 0 Å². The van der Waals surface area contributed by atoms with Crippen LogP contribution in [0.1, 0.15) is 13.8 Å². The molecule has 1 N–H and O–H groups in total. The third-order valence-electron chi connectivity index (χ3n) is 2.53. The number of non-ortho nitro benzene ring substituents is 1. The number of nitro groups is 1. The topological polar surface area (TPSA) is 64.4 Å². The Bertz CT molecular complexity index is 368. The third kappa shape index (κ3) is 3.20. The second-order valence-corrected chi connectivity index (χ2v) is 3.68. The van der Waals surface area contributed by atoms with Gasteiger partial charge in [0.05, 0.1) is 11.0 Å². The van der Waals surface area contributed by atoms with E-state index in [-0.39, 0.29) is 17.8 Å². The fourth-order valence-electron chi connectivity index (χ4n) is 1.29. The largest absolute Gasteiger partial charge is 0.380 e. The van der Waals surface area contributed by atoms with Gasteiger partial charge in [-0.05, 0) is 19.9 Å². The maximum atomic E-state index is 10.6. The van der Waals surface area contributed by atoms with Crippen LogP contribution in [-0.2, 0) is 4.74 Å². The van der Waals surface area contributed by atoms with Gasteiger partial charge in [-0.15, -0.1) is 0 Å². The van der Waals surface area contributed by atoms with Crippen molar-refractivity contribution in [2.24, 2.45) is 0 Å². The summed E-state index contributed by atoms with van der Waals surface area (Å²) in [5, 5.41) is 13.7. The van der Waals surface area contributed by atoms with Crippen molar-refractivity contribution in [1.29, 1.82) is 0 Å². The van der Waals surface area contributed by atoms with Crippen molar-refractivity contribution in [3.8, 4) is 0 Å². The minimum absolute atomic E-state index is 0.0410. The number of nitrogens with zero attached hydrogens (tertiary/aromatic N) is 1. The highest BCUT2D eigenvalue weighted by Crippen LogP contribution is 2.18. The minimum Gasteiger partial charge on any atom is -0.380 e. The number of hydrogen-bond acceptors (Lipinski definition) is 4. The predicted octanol–water partition coefficient (Wildman–Crippen LogP) is 2.43. The first-order valence-corrected chi connectivity index (χ1v) is 5.08. The van der Waals surface area contributed by atoms with Crippen molar-refractivity contribution in [3.63, 3.8) is 0 Å². The Hall–Kier alpha value is -1.62. The van der Waals surface area contributed by atoms with Crippen molar-refractivity contribution in [2.75, 3.05) is 12.4 Å². The lowest BCUT2D eigenvalue weighted by Crippen LogP contribution is -2.29. The molecule has 0 saturated heterocycles. The van der Waals surface area contributed by atoms with E-state index in [1.54, 1.807) is 19.2 Å². The second kappa shape index (κ2) is 5.46. The zero-order valence-electron chi connectivity index (χ0n) is 9.64. The molecule has 1 aromatic carbocycles. The number of benzene rings is 1. The lowest BCUT2D eigenvalue weighted by atomic mass is 10.2. The number of ether oxygens (including phenoxy) is 1. The first-order valence-electron chi connectivity index (χ1n) is 5.08. The fraction of sp³-hybridized carbons (Fsp3) is 0.455. The van der Waals surface area contributed by atoms with E-state index in [0.717, 1.165) is 5.69 Å². The Kier molecular flexibility index (Phi) is 4.25. The summed E-state index contributed by atoms with van der Waals surface area (Å²) in [5.74, 6) is 0. The van der Waals surface area contributed by atoms with Gasteiger partial charge in [0.25, 0.3) is 5.69 Å². The second-order valence-electron chi connectivity index (χ2n) is 3.68. The lowest BCUT2D eigenvalue weighted by molar-refractivity contribution is -0.384. The van der Waals surface area contributed by atoms with Gasteiger partial charge in [-0.2, -0.15) is 0 Å². The molecule has 88 valence electrons. The predicted molar refractivity (Wildman–Crippen MR) is 62.7 cm³/mol. The quantitative estimate of drug-likeness (QED) is 0.616. The molecule has 0 aromatic heterocycles. The highest BCUT2D eigenvalue weighted by Gasteiger charge is 2.12. The summed E-state index contributed by atoms with van der Waals surface area (Å²) in [4.78, 5) is 10.2. The SMILES string of the molecule is COC(C)C(C)Nc1cccc([N+](=O)[O-])c1. The smallest absolute Gasteiger partial charge is 0.271 e. The number of methoxy groups -OCH3 is 1. The molecule has 0 fully saturated rings. The molecule has 0 bridgehead atoms. The van der Waals surface area contributed by atoms with Gasteiger partial charge in [0, 0.05) is 31.0 Å². The molecule has 16 heavy (non-hydrogen) atoms. The van der Waals surface area contributed by atoms with E-state index in [1.165, 1.54) is 12.1 Å². The minimum atomic E-state index is -0.407. The third-order valence-corrected chi connectivity index (χ3v) is 2.53. The van der Waals surface area contributed by atoms with Crippen LogP contribution in [0.2, 0.25) is 0 Å². The molecule has 0 aliphatic heterocycles. The fourth-order valence-corrected chi connectivity index (χ4v) is 1.29. The van der Waals surface area contributed by atoms with Gasteiger partial charge < -0.3 is 10.1 Å². The Morgan fingerprint density at radius 3 is 2.69 bits per heavy atom. The van der Waals surface area contributed by atoms with Crippen LogP contribution in [0, 0.1) is 10.1 Å². The van der Waals surface area contributed by atoms with Crippen molar-refractivity contribution in [3.05, 3.63) is 34.4 Å². The lowest BCUT2D eigenvalue weighted by Gasteiger charge is -2.20. The summed E-state index contributed by atoms with van der Waals surface area (Å²) in [7, 11) is 1.64. The molecule has 2 atom stereocenters. The maximum absolute atomic E-state index is 10.6. The highest BCUT2D eigenvalue weighted by atomic mass is 16.6. The van der Waals surface area contributed by atoms with Gasteiger partial charge in [0.1, 0.15) is 0 Å². The van der Waals surface area contributed by atoms with Crippen LogP contribution in [0.5, 0.6) is 0 Å². The average molecular weight is 224 g/mol. The van der Waals surface area contributed by atoms with E-state index in [4.69, 9.17) is 4.74 Å². The van der Waals surface area contributed by atoms with E-state index in [0.29, 0.717) is 0 Å². The first kappa shape index (κ1) is 12.4. The van der Waals surface area contributed by atoms with E-state index >= 15 is 0 Å². The van der Waals surface area contributed by atoms with Crippen LogP contribution in [0.4, 0.5) is 11.4 Å². The summed E-state index contributed by atoms with van der Waals surface area (Å²) in [6, 6.07) is 6.53. The molecule has 0 saturated carbocycles. The number of nitro benzene ring substituents is 1. The van der Waals surface area contributed by atoms with Crippen molar-refractivity contribution in [2.45, 2.75) is 26.0 Å². The van der Waals surface area contributed by atoms with Crippen LogP contribution in [0.25, 0.3) is 0 Å². The molecule has 2 unspecified atom stereocenters. The van der Waals surface area contributed by atoms with E-state index in [9.17, 15) is 10.1 Å². The zero-order valence-corrected chi connectivity index (χ0v) is 9.64. The summed E-state index contributed by atoms with van der Waals surface area (Å²) < 4.78 is 5.17. The number of nitrogens with one attached hydrogen (secondary N) is 1. The monoisotopic (exact) mass is 224 g/mol. The van der Waals surface area contributed by atoms with Gasteiger partial charge >= 0.3 is 0 Å². The summed E-state index contributed by atoms with van der Waals surface area (Å²) >= 11 is 0. The van der Waals surface area contributed by atoms with Crippen LogP contribution in [-0.4, -0.2) is 24.2 Å². The number of hydrogen-bond donors (Lipinski definition) is 1. The maximum Gasteiger partial charge on any atom is 0.271 e. The van der Waals surface area contributed by atoms with Crippen LogP contribution in [0.15, 0.2) is 24.3 Å². The summed E-state index contributed by atoms with van der Waals surface area (Å²) in [5.41, 5.74) is 0.813. The Morgan fingerprint density at radius 2 is 2.12 bits per heavy atom. The Balaban J connectivity index is 2.74. The molecule has 5 heteroatoms. The highest BCUT2D eigenvalue weighted by molar-refractivity contribution is 5.51. The number of anilines is 1. The van der Waals surface area contributed by atoms with Gasteiger partial charge in [-0.1, -0.05) is 6.07 Å². The molecule has 0 spiro atoms. The Morgan fingerprint density at radius 1 is 1.44 bits per heavy atom. The summed E-state index contributed by atoms with van der Waals surface area (Å²) in [6.45, 7) is 3.90. The van der Waals surface area contributed by atoms with Gasteiger partial charge in [-0.3, -0.25) is 10.1 Å². The van der Waals surface area contributed by atoms with Gasteiger partial charge in [0.15, 0.2) is 0 Å². The molecular formula is C11H16N2O3. The van der Waals surface area contributed by atoms with Gasteiger partial charge in [0.2, 0.25) is 0 Å². The Labute approximate surface area is 94.6 Å². The summed E-state index contributed by atoms with van der Waals surface area (Å²) in [6.07, 6.45) is 0.0410. The zero-order chi connectivity index (χ0) is 12.1. The van der Waals surface area contributed by atoms with E-state index in [1.807, 2.05) is 13.8 Å². The van der Waals surface area contributed by atoms with Crippen LogP contribution >= 0.6 is 0 Å². The van der Waals surface area contributed by atoms with Crippen molar-refractivity contribution >= 4 is 11.4 Å². The molecule has 0 aliphatic rings. The molecule has 0 amide bonds. The van der Waals surface area contributed by atoms with Crippen molar-refractivity contribution < 1.29 is 9.66 Å². The van der Waals surface area contributed by atoms with E-state index < -0.39 is 4.92 Å². The first-order chi connectivity index (χ1) is 7.54. The number of rotatable bonds is 5. The average Bonchev–Trinajstić information content (AvgIpc) is 2.28.